The number of oxazole rings is 1. The van der Waals surface area contributed by atoms with E-state index in [1.807, 2.05) is 60.4 Å². The van der Waals surface area contributed by atoms with Crippen molar-refractivity contribution < 1.29 is 9.21 Å². The Hall–Kier alpha value is -2.53. The van der Waals surface area contributed by atoms with Gasteiger partial charge in [-0.25, -0.2) is 9.78 Å². The minimum atomic E-state index is -0.0653. The van der Waals surface area contributed by atoms with Crippen molar-refractivity contribution >= 4 is 28.7 Å². The van der Waals surface area contributed by atoms with Crippen LogP contribution in [0.5, 0.6) is 0 Å². The molecule has 1 fully saturated rings. The van der Waals surface area contributed by atoms with Gasteiger partial charge in [0, 0.05) is 24.0 Å². The first-order chi connectivity index (χ1) is 13.1. The summed E-state index contributed by atoms with van der Waals surface area (Å²) in [6, 6.07) is 15.3. The van der Waals surface area contributed by atoms with Crippen molar-refractivity contribution in [3.05, 3.63) is 65.0 Å². The summed E-state index contributed by atoms with van der Waals surface area (Å²) in [4.78, 5) is 19.1. The molecule has 0 radical (unpaired) electrons. The fourth-order valence-electron chi connectivity index (χ4n) is 3.51. The third-order valence-corrected chi connectivity index (χ3v) is 5.40. The van der Waals surface area contributed by atoms with Crippen molar-refractivity contribution in [1.29, 1.82) is 0 Å². The number of para-hydroxylation sites is 2. The normalized spacial score (nSPS) is 16.4. The van der Waals surface area contributed by atoms with Crippen molar-refractivity contribution in [2.75, 3.05) is 13.1 Å². The number of carbonyl (C=O) groups excluding carboxylic acids is 1. The number of halogens is 1. The Morgan fingerprint density at radius 2 is 1.89 bits per heavy atom. The highest BCUT2D eigenvalue weighted by Gasteiger charge is 2.27. The topological polar surface area (TPSA) is 58.4 Å². The molecule has 1 atom stereocenters. The molecule has 2 heterocycles. The predicted molar refractivity (Wildman–Crippen MR) is 106 cm³/mol. The third-order valence-electron chi connectivity index (χ3n) is 5.15. The number of benzene rings is 2. The average Bonchev–Trinajstić information content (AvgIpc) is 3.13. The number of likely N-dealkylation sites (tertiary alicyclic amines) is 1. The molecular formula is C21H22ClN3O2. The predicted octanol–water partition coefficient (Wildman–Crippen LogP) is 5.13. The average molecular weight is 384 g/mol. The molecule has 0 aliphatic carbocycles. The van der Waals surface area contributed by atoms with Gasteiger partial charge in [-0.3, -0.25) is 0 Å². The van der Waals surface area contributed by atoms with Crippen LogP contribution in [0.2, 0.25) is 5.02 Å². The summed E-state index contributed by atoms with van der Waals surface area (Å²) in [5.41, 5.74) is 2.75. The molecule has 6 heteroatoms. The molecule has 1 N–H and O–H groups in total. The zero-order valence-electron chi connectivity index (χ0n) is 15.2. The lowest BCUT2D eigenvalue weighted by Crippen LogP contribution is -2.44. The molecule has 140 valence electrons. The van der Waals surface area contributed by atoms with Gasteiger partial charge < -0.3 is 14.6 Å². The lowest BCUT2D eigenvalue weighted by atomic mass is 9.97. The number of urea groups is 1. The number of fused-ring (bicyclic) bond motifs is 1. The van der Waals surface area contributed by atoms with Crippen molar-refractivity contribution in [3.63, 3.8) is 0 Å². The van der Waals surface area contributed by atoms with Gasteiger partial charge in [0.2, 0.25) is 0 Å². The summed E-state index contributed by atoms with van der Waals surface area (Å²) < 4.78 is 5.89. The lowest BCUT2D eigenvalue weighted by Gasteiger charge is -2.31. The molecule has 2 amide bonds. The Labute approximate surface area is 163 Å². The molecular weight excluding hydrogens is 362 g/mol. The zero-order chi connectivity index (χ0) is 18.8. The maximum atomic E-state index is 12.6. The molecule has 1 unspecified atom stereocenters. The molecule has 0 spiro atoms. The van der Waals surface area contributed by atoms with Gasteiger partial charge in [0.15, 0.2) is 11.5 Å². The van der Waals surface area contributed by atoms with E-state index < -0.39 is 0 Å². The van der Waals surface area contributed by atoms with E-state index in [-0.39, 0.29) is 18.0 Å². The van der Waals surface area contributed by atoms with Gasteiger partial charge in [-0.1, -0.05) is 35.9 Å². The highest BCUT2D eigenvalue weighted by atomic mass is 35.5. The van der Waals surface area contributed by atoms with E-state index in [9.17, 15) is 4.79 Å². The second kappa shape index (κ2) is 7.61. The molecule has 2 aromatic carbocycles. The molecule has 1 aromatic heterocycles. The molecule has 1 saturated heterocycles. The number of rotatable bonds is 3. The van der Waals surface area contributed by atoms with Crippen LogP contribution in [-0.2, 0) is 0 Å². The third kappa shape index (κ3) is 3.93. The minimum Gasteiger partial charge on any atom is -0.440 e. The number of piperidine rings is 1. The van der Waals surface area contributed by atoms with Crippen molar-refractivity contribution in [1.82, 2.24) is 15.2 Å². The van der Waals surface area contributed by atoms with Crippen LogP contribution < -0.4 is 5.32 Å². The Morgan fingerprint density at radius 1 is 1.19 bits per heavy atom. The van der Waals surface area contributed by atoms with Gasteiger partial charge in [-0.15, -0.1) is 0 Å². The van der Waals surface area contributed by atoms with Gasteiger partial charge in [-0.05, 0) is 49.6 Å². The molecule has 27 heavy (non-hydrogen) atoms. The summed E-state index contributed by atoms with van der Waals surface area (Å²) in [5.74, 6) is 1.04. The van der Waals surface area contributed by atoms with E-state index in [0.29, 0.717) is 18.1 Å². The quantitative estimate of drug-likeness (QED) is 0.681. The molecule has 5 nitrogen and oxygen atoms in total. The number of aromatic nitrogens is 1. The highest BCUT2D eigenvalue weighted by Crippen LogP contribution is 2.30. The van der Waals surface area contributed by atoms with E-state index in [1.165, 1.54) is 0 Å². The Balaban J connectivity index is 1.34. The number of hydrogen-bond acceptors (Lipinski definition) is 3. The first-order valence-electron chi connectivity index (χ1n) is 9.26. The largest absolute Gasteiger partial charge is 0.440 e. The van der Waals surface area contributed by atoms with Gasteiger partial charge in [0.1, 0.15) is 5.52 Å². The number of amides is 2. The number of nitrogens with one attached hydrogen (secondary N) is 1. The minimum absolute atomic E-state index is 0.0338. The summed E-state index contributed by atoms with van der Waals surface area (Å²) >= 11 is 5.93. The van der Waals surface area contributed by atoms with Gasteiger partial charge in [0.25, 0.3) is 0 Å². The molecule has 3 aromatic rings. The highest BCUT2D eigenvalue weighted by molar-refractivity contribution is 6.30. The van der Waals surface area contributed by atoms with Crippen LogP contribution in [0, 0.1) is 0 Å². The first-order valence-corrected chi connectivity index (χ1v) is 9.64. The number of hydrogen-bond donors (Lipinski definition) is 1. The SMILES string of the molecule is CC(NC(=O)N1CCC(c2nc3ccccc3o2)CC1)c1ccc(Cl)cc1. The summed E-state index contributed by atoms with van der Waals surface area (Å²) in [6.45, 7) is 3.37. The zero-order valence-corrected chi connectivity index (χ0v) is 15.9. The van der Waals surface area contributed by atoms with E-state index in [1.54, 1.807) is 0 Å². The first kappa shape index (κ1) is 17.9. The van der Waals surface area contributed by atoms with Crippen LogP contribution in [0.15, 0.2) is 52.9 Å². The van der Waals surface area contributed by atoms with Gasteiger partial charge >= 0.3 is 6.03 Å². The van der Waals surface area contributed by atoms with Crippen molar-refractivity contribution in [2.24, 2.45) is 0 Å². The lowest BCUT2D eigenvalue weighted by molar-refractivity contribution is 0.174. The smallest absolute Gasteiger partial charge is 0.317 e. The molecule has 1 aliphatic heterocycles. The van der Waals surface area contributed by atoms with E-state index in [2.05, 4.69) is 10.3 Å². The second-order valence-electron chi connectivity index (χ2n) is 7.00. The van der Waals surface area contributed by atoms with E-state index >= 15 is 0 Å². The molecule has 0 saturated carbocycles. The van der Waals surface area contributed by atoms with E-state index in [0.717, 1.165) is 35.4 Å². The van der Waals surface area contributed by atoms with Crippen LogP contribution in [0.4, 0.5) is 4.79 Å². The van der Waals surface area contributed by atoms with Crippen LogP contribution in [-0.4, -0.2) is 29.0 Å². The molecule has 0 bridgehead atoms. The Morgan fingerprint density at radius 3 is 2.59 bits per heavy atom. The Kier molecular flexibility index (Phi) is 5.03. The van der Waals surface area contributed by atoms with Crippen LogP contribution in [0.3, 0.4) is 0 Å². The molecule has 4 rings (SSSR count). The van der Waals surface area contributed by atoms with Crippen LogP contribution in [0.25, 0.3) is 11.1 Å². The van der Waals surface area contributed by atoms with Crippen molar-refractivity contribution in [3.8, 4) is 0 Å². The summed E-state index contributed by atoms with van der Waals surface area (Å²) in [5, 5.41) is 3.76. The van der Waals surface area contributed by atoms with Crippen LogP contribution in [0.1, 0.15) is 43.2 Å². The summed E-state index contributed by atoms with van der Waals surface area (Å²) in [6.07, 6.45) is 1.71. The van der Waals surface area contributed by atoms with Crippen molar-refractivity contribution in [2.45, 2.75) is 31.7 Å². The van der Waals surface area contributed by atoms with Gasteiger partial charge in [-0.2, -0.15) is 0 Å². The maximum absolute atomic E-state index is 12.6. The van der Waals surface area contributed by atoms with E-state index in [4.69, 9.17) is 16.0 Å². The maximum Gasteiger partial charge on any atom is 0.317 e. The van der Waals surface area contributed by atoms with Crippen LogP contribution >= 0.6 is 11.6 Å². The fraction of sp³-hybridized carbons (Fsp3) is 0.333. The number of carbonyl (C=O) groups is 1. The number of nitrogens with zero attached hydrogens (tertiary/aromatic N) is 2. The Bertz CT molecular complexity index is 897. The molecule has 1 aliphatic rings. The summed E-state index contributed by atoms with van der Waals surface area (Å²) in [7, 11) is 0. The fourth-order valence-corrected chi connectivity index (χ4v) is 3.63. The second-order valence-corrected chi connectivity index (χ2v) is 7.44. The monoisotopic (exact) mass is 383 g/mol. The standard InChI is InChI=1S/C21H22ClN3O2/c1-14(15-6-8-17(22)9-7-15)23-21(26)25-12-10-16(11-13-25)20-24-18-4-2-3-5-19(18)27-20/h2-9,14,16H,10-13H2,1H3,(H,23,26). The van der Waals surface area contributed by atoms with Gasteiger partial charge in [0.05, 0.1) is 6.04 Å².